The molecule has 1 aromatic rings. The summed E-state index contributed by atoms with van der Waals surface area (Å²) in [4.78, 5) is 8.45. The third-order valence-corrected chi connectivity index (χ3v) is 5.46. The molecule has 2 atom stereocenters. The molecule has 0 aromatic heterocycles. The molecular formula is C19H30IN3O2S. The first-order valence-corrected chi connectivity index (χ1v) is 10.3. The Hall–Kier alpha value is -0.510. The number of guanidine groups is 1. The molecule has 2 heterocycles. The molecule has 0 spiro atoms. The Morgan fingerprint density at radius 2 is 2.04 bits per heavy atom. The third kappa shape index (κ3) is 6.58. The zero-order valence-corrected chi connectivity index (χ0v) is 18.6. The van der Waals surface area contributed by atoms with E-state index in [9.17, 15) is 0 Å². The highest BCUT2D eigenvalue weighted by Crippen LogP contribution is 2.21. The number of nitrogens with one attached hydrogen (secondary N) is 1. The lowest BCUT2D eigenvalue weighted by molar-refractivity contribution is -0.0816. The zero-order chi connectivity index (χ0) is 17.3. The maximum atomic E-state index is 5.95. The van der Waals surface area contributed by atoms with Gasteiger partial charge in [0.05, 0.1) is 19.3 Å². The van der Waals surface area contributed by atoms with Gasteiger partial charge in [0.1, 0.15) is 6.10 Å². The van der Waals surface area contributed by atoms with E-state index in [2.05, 4.69) is 41.4 Å². The van der Waals surface area contributed by atoms with Crippen LogP contribution in [0.3, 0.4) is 0 Å². The normalized spacial score (nSPS) is 23.6. The number of rotatable bonds is 6. The Labute approximate surface area is 178 Å². The molecule has 0 bridgehead atoms. The summed E-state index contributed by atoms with van der Waals surface area (Å²) in [5.41, 5.74) is 0. The summed E-state index contributed by atoms with van der Waals surface area (Å²) in [5.74, 6) is 1.99. The van der Waals surface area contributed by atoms with Crippen molar-refractivity contribution in [3.8, 4) is 0 Å². The van der Waals surface area contributed by atoms with Gasteiger partial charge < -0.3 is 19.7 Å². The van der Waals surface area contributed by atoms with Gasteiger partial charge in [-0.1, -0.05) is 18.2 Å². The number of hydrogen-bond acceptors (Lipinski definition) is 4. The number of nitrogens with zero attached hydrogens (tertiary/aromatic N) is 2. The summed E-state index contributed by atoms with van der Waals surface area (Å²) >= 11 is 1.85. The largest absolute Gasteiger partial charge is 0.375 e. The van der Waals surface area contributed by atoms with Gasteiger partial charge >= 0.3 is 0 Å². The van der Waals surface area contributed by atoms with Crippen molar-refractivity contribution in [3.63, 3.8) is 0 Å². The smallest absolute Gasteiger partial charge is 0.194 e. The van der Waals surface area contributed by atoms with Crippen LogP contribution in [0, 0.1) is 0 Å². The van der Waals surface area contributed by atoms with Gasteiger partial charge in [0.15, 0.2) is 5.96 Å². The summed E-state index contributed by atoms with van der Waals surface area (Å²) in [5, 5.41) is 3.43. The van der Waals surface area contributed by atoms with Crippen LogP contribution in [-0.4, -0.2) is 68.2 Å². The van der Waals surface area contributed by atoms with Crippen molar-refractivity contribution >= 4 is 41.7 Å². The monoisotopic (exact) mass is 491 g/mol. The number of morpholine rings is 1. The maximum absolute atomic E-state index is 5.95. The highest BCUT2D eigenvalue weighted by molar-refractivity contribution is 14.0. The van der Waals surface area contributed by atoms with E-state index >= 15 is 0 Å². The third-order valence-electron chi connectivity index (χ3n) is 4.47. The fourth-order valence-electron chi connectivity index (χ4n) is 3.25. The molecule has 3 rings (SSSR count). The average Bonchev–Trinajstić information content (AvgIpc) is 3.20. The van der Waals surface area contributed by atoms with Crippen LogP contribution in [0.2, 0.25) is 0 Å². The molecule has 1 aromatic carbocycles. The number of halogens is 1. The topological polar surface area (TPSA) is 46.1 Å². The molecule has 0 radical (unpaired) electrons. The number of aliphatic imine (C=N–C) groups is 1. The van der Waals surface area contributed by atoms with Crippen molar-refractivity contribution < 1.29 is 9.47 Å². The van der Waals surface area contributed by atoms with E-state index in [4.69, 9.17) is 14.5 Å². The first-order chi connectivity index (χ1) is 12.4. The molecule has 146 valence electrons. The van der Waals surface area contributed by atoms with Gasteiger partial charge in [-0.2, -0.15) is 0 Å². The fraction of sp³-hybridized carbons (Fsp3) is 0.632. The Bertz CT molecular complexity index is 541. The molecule has 2 aliphatic heterocycles. The molecular weight excluding hydrogens is 461 g/mol. The molecule has 2 saturated heterocycles. The van der Waals surface area contributed by atoms with E-state index in [-0.39, 0.29) is 36.2 Å². The fourth-order valence-corrected chi connectivity index (χ4v) is 4.01. The summed E-state index contributed by atoms with van der Waals surface area (Å²) in [6.07, 6.45) is 2.67. The quantitative estimate of drug-likeness (QED) is 0.218. The van der Waals surface area contributed by atoms with Gasteiger partial charge in [0.2, 0.25) is 0 Å². The second kappa shape index (κ2) is 12.0. The van der Waals surface area contributed by atoms with Gasteiger partial charge in [-0.15, -0.1) is 35.7 Å². The predicted molar refractivity (Wildman–Crippen MR) is 119 cm³/mol. The van der Waals surface area contributed by atoms with E-state index in [0.717, 1.165) is 63.9 Å². The van der Waals surface area contributed by atoms with Crippen molar-refractivity contribution in [3.05, 3.63) is 30.3 Å². The van der Waals surface area contributed by atoms with Crippen LogP contribution in [-0.2, 0) is 9.47 Å². The van der Waals surface area contributed by atoms with Crippen LogP contribution in [0.1, 0.15) is 19.8 Å². The summed E-state index contributed by atoms with van der Waals surface area (Å²) in [6, 6.07) is 10.5. The SMILES string of the molecule is CCNC(=NCCSc1ccccc1)N1CCOC(C2CCCO2)C1.I. The lowest BCUT2D eigenvalue weighted by atomic mass is 10.1. The summed E-state index contributed by atoms with van der Waals surface area (Å²) in [6.45, 7) is 7.18. The lowest BCUT2D eigenvalue weighted by Gasteiger charge is -2.37. The number of thioether (sulfide) groups is 1. The standard InChI is InChI=1S/C19H29N3O2S.HI/c1-2-20-19(21-10-14-25-16-7-4-3-5-8-16)22-11-13-24-18(15-22)17-9-6-12-23-17;/h3-5,7-8,17-18H,2,6,9-15H2,1H3,(H,20,21);1H. The first kappa shape index (κ1) is 21.8. The van der Waals surface area contributed by atoms with Crippen molar-refractivity contribution in [2.45, 2.75) is 36.9 Å². The second-order valence-corrected chi connectivity index (χ2v) is 7.47. The first-order valence-electron chi connectivity index (χ1n) is 9.31. The van der Waals surface area contributed by atoms with Crippen LogP contribution < -0.4 is 5.32 Å². The Balaban J connectivity index is 0.00000243. The molecule has 1 N–H and O–H groups in total. The summed E-state index contributed by atoms with van der Waals surface area (Å²) in [7, 11) is 0. The minimum Gasteiger partial charge on any atom is -0.375 e. The van der Waals surface area contributed by atoms with Gasteiger partial charge in [-0.25, -0.2) is 0 Å². The number of hydrogen-bond donors (Lipinski definition) is 1. The van der Waals surface area contributed by atoms with Crippen LogP contribution in [0.15, 0.2) is 40.2 Å². The van der Waals surface area contributed by atoms with E-state index in [1.54, 1.807) is 0 Å². The van der Waals surface area contributed by atoms with Gasteiger partial charge in [0, 0.05) is 36.9 Å². The molecule has 2 aliphatic rings. The van der Waals surface area contributed by atoms with Crippen molar-refractivity contribution in [1.29, 1.82) is 0 Å². The van der Waals surface area contributed by atoms with Gasteiger partial charge in [-0.05, 0) is 31.9 Å². The molecule has 0 amide bonds. The molecule has 7 heteroatoms. The van der Waals surface area contributed by atoms with E-state index in [1.165, 1.54) is 4.90 Å². The van der Waals surface area contributed by atoms with Crippen molar-refractivity contribution in [2.75, 3.05) is 45.1 Å². The average molecular weight is 491 g/mol. The zero-order valence-electron chi connectivity index (χ0n) is 15.4. The minimum absolute atomic E-state index is 0. The summed E-state index contributed by atoms with van der Waals surface area (Å²) < 4.78 is 11.8. The van der Waals surface area contributed by atoms with Crippen LogP contribution in [0.4, 0.5) is 0 Å². The predicted octanol–water partition coefficient (Wildman–Crippen LogP) is 3.24. The molecule has 26 heavy (non-hydrogen) atoms. The van der Waals surface area contributed by atoms with Gasteiger partial charge in [0.25, 0.3) is 0 Å². The van der Waals surface area contributed by atoms with E-state index < -0.39 is 0 Å². The Morgan fingerprint density at radius 1 is 1.23 bits per heavy atom. The molecule has 0 aliphatic carbocycles. The Morgan fingerprint density at radius 3 is 2.77 bits per heavy atom. The molecule has 2 unspecified atom stereocenters. The van der Waals surface area contributed by atoms with Crippen LogP contribution >= 0.6 is 35.7 Å². The van der Waals surface area contributed by atoms with Gasteiger partial charge in [-0.3, -0.25) is 4.99 Å². The minimum atomic E-state index is 0. The molecule has 2 fully saturated rings. The van der Waals surface area contributed by atoms with Crippen LogP contribution in [0.5, 0.6) is 0 Å². The second-order valence-electron chi connectivity index (χ2n) is 6.30. The Kier molecular flexibility index (Phi) is 10.1. The highest BCUT2D eigenvalue weighted by Gasteiger charge is 2.32. The van der Waals surface area contributed by atoms with Crippen LogP contribution in [0.25, 0.3) is 0 Å². The van der Waals surface area contributed by atoms with Crippen molar-refractivity contribution in [1.82, 2.24) is 10.2 Å². The number of ether oxygens (including phenoxy) is 2. The molecule has 0 saturated carbocycles. The molecule has 5 nitrogen and oxygen atoms in total. The van der Waals surface area contributed by atoms with E-state index in [0.29, 0.717) is 0 Å². The number of benzene rings is 1. The van der Waals surface area contributed by atoms with Crippen molar-refractivity contribution in [2.24, 2.45) is 4.99 Å². The lowest BCUT2D eigenvalue weighted by Crippen LogP contribution is -2.53. The highest BCUT2D eigenvalue weighted by atomic mass is 127. The van der Waals surface area contributed by atoms with E-state index in [1.807, 2.05) is 17.8 Å². The maximum Gasteiger partial charge on any atom is 0.194 e.